The van der Waals surface area contributed by atoms with E-state index in [4.69, 9.17) is 0 Å². The second-order valence-corrected chi connectivity index (χ2v) is 6.34. The highest BCUT2D eigenvalue weighted by molar-refractivity contribution is 9.10. The van der Waals surface area contributed by atoms with E-state index in [1.54, 1.807) is 0 Å². The van der Waals surface area contributed by atoms with Crippen LogP contribution in [0.15, 0.2) is 59.1 Å². The molecule has 0 fully saturated rings. The summed E-state index contributed by atoms with van der Waals surface area (Å²) in [4.78, 5) is 26.0. The number of urea groups is 1. The smallest absolute Gasteiger partial charge is 0.321 e. The van der Waals surface area contributed by atoms with Crippen molar-refractivity contribution in [3.8, 4) is 0 Å². The lowest BCUT2D eigenvalue weighted by atomic mass is 10.0. The molecule has 0 aliphatic heterocycles. The molecule has 5 nitrogen and oxygen atoms in total. The van der Waals surface area contributed by atoms with Gasteiger partial charge in [0.05, 0.1) is 0 Å². The molecule has 6 heteroatoms. The van der Waals surface area contributed by atoms with Gasteiger partial charge in [0.25, 0.3) is 0 Å². The minimum Gasteiger partial charge on any atom is -0.341 e. The number of hydrogen-bond acceptors (Lipinski definition) is 3. The Morgan fingerprint density at radius 3 is 2.29 bits per heavy atom. The normalized spacial score (nSPS) is 11.8. The fourth-order valence-corrected chi connectivity index (χ4v) is 2.72. The van der Waals surface area contributed by atoms with Crippen LogP contribution in [-0.2, 0) is 11.3 Å². The van der Waals surface area contributed by atoms with Gasteiger partial charge in [0.15, 0.2) is 0 Å². The largest absolute Gasteiger partial charge is 0.341 e. The zero-order valence-electron chi connectivity index (χ0n) is 13.6. The number of nitrogens with one attached hydrogen (secondary N) is 2. The van der Waals surface area contributed by atoms with Gasteiger partial charge < -0.3 is 5.32 Å². The third kappa shape index (κ3) is 4.91. The van der Waals surface area contributed by atoms with E-state index < -0.39 is 12.1 Å². The van der Waals surface area contributed by atoms with Crippen molar-refractivity contribution in [2.24, 2.45) is 0 Å². The third-order valence-electron chi connectivity index (χ3n) is 3.61. The number of halogens is 1. The van der Waals surface area contributed by atoms with Gasteiger partial charge in [-0.15, -0.1) is 0 Å². The summed E-state index contributed by atoms with van der Waals surface area (Å²) < 4.78 is 1.01. The summed E-state index contributed by atoms with van der Waals surface area (Å²) in [5.74, 6) is -0.361. The van der Waals surface area contributed by atoms with Crippen LogP contribution in [0.2, 0.25) is 0 Å². The molecule has 24 heavy (non-hydrogen) atoms. The Balaban J connectivity index is 2.22. The second-order valence-electron chi connectivity index (χ2n) is 5.42. The molecular formula is C18H20BrN3O2. The fourth-order valence-electron chi connectivity index (χ4n) is 2.45. The van der Waals surface area contributed by atoms with Gasteiger partial charge >= 0.3 is 6.03 Å². The average Bonchev–Trinajstić information content (AvgIpc) is 2.58. The lowest BCUT2D eigenvalue weighted by Gasteiger charge is -2.27. The van der Waals surface area contributed by atoms with E-state index in [9.17, 15) is 9.59 Å². The molecule has 1 atom stereocenters. The standard InChI is InChI=1S/C18H20BrN3O2/c1-20-18(24)21-17(23)16(14-6-4-3-5-7-14)22(2)12-13-8-10-15(19)11-9-13/h3-11,16H,12H2,1-2H3,(H2,20,21,23,24)/t16-/m1/s1. The lowest BCUT2D eigenvalue weighted by Crippen LogP contribution is -2.44. The average molecular weight is 390 g/mol. The Morgan fingerprint density at radius 1 is 1.08 bits per heavy atom. The van der Waals surface area contributed by atoms with Gasteiger partial charge in [-0.2, -0.15) is 0 Å². The van der Waals surface area contributed by atoms with E-state index in [1.165, 1.54) is 7.05 Å². The second kappa shape index (κ2) is 8.61. The number of hydrogen-bond donors (Lipinski definition) is 2. The molecule has 126 valence electrons. The van der Waals surface area contributed by atoms with Crippen molar-refractivity contribution in [2.75, 3.05) is 14.1 Å². The van der Waals surface area contributed by atoms with Crippen molar-refractivity contribution >= 4 is 27.9 Å². The number of rotatable bonds is 5. The lowest BCUT2D eigenvalue weighted by molar-refractivity contribution is -0.125. The molecule has 0 spiro atoms. The molecule has 2 N–H and O–H groups in total. The molecule has 0 heterocycles. The van der Waals surface area contributed by atoms with Crippen LogP contribution in [0.25, 0.3) is 0 Å². The molecule has 3 amide bonds. The Kier molecular flexibility index (Phi) is 6.52. The van der Waals surface area contributed by atoms with Gasteiger partial charge in [-0.05, 0) is 30.3 Å². The molecule has 2 rings (SSSR count). The number of benzene rings is 2. The summed E-state index contributed by atoms with van der Waals surface area (Å²) in [6.45, 7) is 0.577. The molecule has 2 aromatic rings. The number of imide groups is 1. The third-order valence-corrected chi connectivity index (χ3v) is 4.14. The van der Waals surface area contributed by atoms with Gasteiger partial charge in [-0.3, -0.25) is 15.0 Å². The summed E-state index contributed by atoms with van der Waals surface area (Å²) in [6, 6.07) is 16.3. The van der Waals surface area contributed by atoms with Gasteiger partial charge in [-0.1, -0.05) is 58.4 Å². The number of likely N-dealkylation sites (N-methyl/N-ethyl adjacent to an activating group) is 1. The topological polar surface area (TPSA) is 61.4 Å². The highest BCUT2D eigenvalue weighted by Crippen LogP contribution is 2.22. The molecule has 0 radical (unpaired) electrons. The van der Waals surface area contributed by atoms with Crippen LogP contribution < -0.4 is 10.6 Å². The van der Waals surface area contributed by atoms with E-state index in [0.717, 1.165) is 15.6 Å². The predicted octanol–water partition coefficient (Wildman–Crippen LogP) is 3.08. The van der Waals surface area contributed by atoms with Crippen LogP contribution in [0, 0.1) is 0 Å². The van der Waals surface area contributed by atoms with Crippen LogP contribution in [-0.4, -0.2) is 30.9 Å². The molecule has 0 aliphatic rings. The van der Waals surface area contributed by atoms with Crippen molar-refractivity contribution in [1.29, 1.82) is 0 Å². The van der Waals surface area contributed by atoms with Gasteiger partial charge in [0.2, 0.25) is 5.91 Å². The summed E-state index contributed by atoms with van der Waals surface area (Å²) in [7, 11) is 3.34. The Labute approximate surface area is 150 Å². The van der Waals surface area contributed by atoms with Crippen LogP contribution in [0.5, 0.6) is 0 Å². The summed E-state index contributed by atoms with van der Waals surface area (Å²) in [5.41, 5.74) is 1.91. The molecule has 0 bridgehead atoms. The SMILES string of the molecule is CNC(=O)NC(=O)[C@@H](c1ccccc1)N(C)Cc1ccc(Br)cc1. The first kappa shape index (κ1) is 18.2. The van der Waals surface area contributed by atoms with Crippen LogP contribution in [0.1, 0.15) is 17.2 Å². The molecule has 0 aliphatic carbocycles. The number of carbonyl (C=O) groups excluding carboxylic acids is 2. The Morgan fingerprint density at radius 2 is 1.71 bits per heavy atom. The molecule has 0 unspecified atom stereocenters. The number of carbonyl (C=O) groups is 2. The van der Waals surface area contributed by atoms with Crippen LogP contribution >= 0.6 is 15.9 Å². The maximum Gasteiger partial charge on any atom is 0.321 e. The fraction of sp³-hybridized carbons (Fsp3) is 0.222. The van der Waals surface area contributed by atoms with Crippen molar-refractivity contribution in [1.82, 2.24) is 15.5 Å². The van der Waals surface area contributed by atoms with Crippen molar-refractivity contribution in [3.05, 3.63) is 70.2 Å². The first-order valence-corrected chi connectivity index (χ1v) is 8.32. The van der Waals surface area contributed by atoms with Crippen molar-refractivity contribution in [2.45, 2.75) is 12.6 Å². The highest BCUT2D eigenvalue weighted by atomic mass is 79.9. The van der Waals surface area contributed by atoms with Crippen LogP contribution in [0.4, 0.5) is 4.79 Å². The maximum absolute atomic E-state index is 12.6. The molecule has 0 saturated carbocycles. The van der Waals surface area contributed by atoms with Gasteiger partial charge in [0.1, 0.15) is 6.04 Å². The first-order valence-electron chi connectivity index (χ1n) is 7.53. The number of amides is 3. The van der Waals surface area contributed by atoms with Crippen molar-refractivity contribution < 1.29 is 9.59 Å². The van der Waals surface area contributed by atoms with E-state index in [2.05, 4.69) is 26.6 Å². The monoisotopic (exact) mass is 389 g/mol. The number of nitrogens with zero attached hydrogens (tertiary/aromatic N) is 1. The summed E-state index contributed by atoms with van der Waals surface area (Å²) in [6.07, 6.45) is 0. The van der Waals surface area contributed by atoms with E-state index >= 15 is 0 Å². The maximum atomic E-state index is 12.6. The minimum atomic E-state index is -0.563. The van der Waals surface area contributed by atoms with E-state index in [0.29, 0.717) is 6.54 Å². The molecule has 0 saturated heterocycles. The molecular weight excluding hydrogens is 370 g/mol. The van der Waals surface area contributed by atoms with E-state index in [1.807, 2.05) is 66.5 Å². The highest BCUT2D eigenvalue weighted by Gasteiger charge is 2.26. The Bertz CT molecular complexity index is 689. The first-order chi connectivity index (χ1) is 11.5. The van der Waals surface area contributed by atoms with E-state index in [-0.39, 0.29) is 5.91 Å². The Hall–Kier alpha value is -2.18. The molecule has 2 aromatic carbocycles. The van der Waals surface area contributed by atoms with Crippen LogP contribution in [0.3, 0.4) is 0 Å². The zero-order chi connectivity index (χ0) is 17.5. The van der Waals surface area contributed by atoms with Gasteiger partial charge in [-0.25, -0.2) is 4.79 Å². The molecule has 0 aromatic heterocycles. The summed E-state index contributed by atoms with van der Waals surface area (Å²) in [5, 5.41) is 4.77. The minimum absolute atomic E-state index is 0.361. The van der Waals surface area contributed by atoms with Gasteiger partial charge in [0, 0.05) is 18.1 Å². The van der Waals surface area contributed by atoms with Crippen molar-refractivity contribution in [3.63, 3.8) is 0 Å². The predicted molar refractivity (Wildman–Crippen MR) is 97.4 cm³/mol. The quantitative estimate of drug-likeness (QED) is 0.825. The summed E-state index contributed by atoms with van der Waals surface area (Å²) >= 11 is 3.41. The zero-order valence-corrected chi connectivity index (χ0v) is 15.2.